The third kappa shape index (κ3) is 6.27. The molecule has 0 fully saturated rings. The van der Waals surface area contributed by atoms with Crippen LogP contribution in [0.4, 0.5) is 0 Å². The maximum atomic E-state index is 8.81. The molecule has 8 nitrogen and oxygen atoms in total. The van der Waals surface area contributed by atoms with Gasteiger partial charge in [0.25, 0.3) is 0 Å². The molecule has 0 saturated carbocycles. The molecule has 0 spiro atoms. The average Bonchev–Trinajstić information content (AvgIpc) is 3.81. The lowest BCUT2D eigenvalue weighted by Crippen LogP contribution is -1.97. The first-order chi connectivity index (χ1) is 31.2. The molecule has 0 N–H and O–H groups in total. The molecule has 60 heavy (non-hydrogen) atoms. The number of hydrogen-bond acceptors (Lipinski definition) is 6. The van der Waals surface area contributed by atoms with Gasteiger partial charge in [-0.3, -0.25) is 19.1 Å². The van der Waals surface area contributed by atoms with Crippen molar-refractivity contribution in [1.82, 2.24) is 29.1 Å². The number of aromatic nitrogens is 6. The number of ether oxygens (including phenoxy) is 2. The summed E-state index contributed by atoms with van der Waals surface area (Å²) in [5.41, 5.74) is 7.76. The molecule has 0 aliphatic rings. The molecule has 0 atom stereocenters. The second-order valence-electron chi connectivity index (χ2n) is 14.7. The van der Waals surface area contributed by atoms with Crippen molar-refractivity contribution in [3.8, 4) is 57.1 Å². The summed E-state index contributed by atoms with van der Waals surface area (Å²) in [6, 6.07) is 42.4. The van der Waals surface area contributed by atoms with Gasteiger partial charge in [-0.25, -0.2) is 9.97 Å². The van der Waals surface area contributed by atoms with Crippen LogP contribution in [0.15, 0.2) is 182 Å². The summed E-state index contributed by atoms with van der Waals surface area (Å²) >= 11 is 0. The fourth-order valence-electron chi connectivity index (χ4n) is 7.90. The Balaban J connectivity index is 0.899. The van der Waals surface area contributed by atoms with E-state index in [0.717, 1.165) is 66.4 Å². The third-order valence-electron chi connectivity index (χ3n) is 10.7. The largest absolute Gasteiger partial charge is 0.457 e. The molecule has 0 aliphatic heterocycles. The van der Waals surface area contributed by atoms with Crippen molar-refractivity contribution in [2.75, 3.05) is 0 Å². The van der Waals surface area contributed by atoms with Gasteiger partial charge in [0.1, 0.15) is 34.6 Å². The van der Waals surface area contributed by atoms with Gasteiger partial charge in [-0.2, -0.15) is 0 Å². The fourth-order valence-corrected chi connectivity index (χ4v) is 7.90. The molecule has 11 aromatic rings. The third-order valence-corrected chi connectivity index (χ3v) is 10.7. The summed E-state index contributed by atoms with van der Waals surface area (Å²) < 4.78 is 51.9. The average molecular weight is 781 g/mol. The quantitative estimate of drug-likeness (QED) is 0.153. The predicted molar refractivity (Wildman–Crippen MR) is 240 cm³/mol. The molecule has 0 unspecified atom stereocenters. The Morgan fingerprint density at radius 3 is 1.53 bits per heavy atom. The lowest BCUT2D eigenvalue weighted by atomic mass is 10.1. The lowest BCUT2D eigenvalue weighted by Gasteiger charge is -2.11. The summed E-state index contributed by atoms with van der Waals surface area (Å²) in [4.78, 5) is 18.7. The van der Waals surface area contributed by atoms with Crippen molar-refractivity contribution in [3.63, 3.8) is 0 Å². The number of fused-ring (bicyclic) bond motifs is 6. The van der Waals surface area contributed by atoms with Crippen LogP contribution in [0.5, 0.6) is 23.0 Å². The number of para-hydroxylation sites is 2. The zero-order chi connectivity index (χ0) is 43.6. The minimum Gasteiger partial charge on any atom is -0.457 e. The Bertz CT molecular complexity index is 3660. The smallest absolute Gasteiger partial charge is 0.137 e. The number of benzene rings is 6. The molecule has 0 radical (unpaired) electrons. The second kappa shape index (κ2) is 14.4. The van der Waals surface area contributed by atoms with Gasteiger partial charge in [0, 0.05) is 57.2 Å². The molecule has 8 heteroatoms. The molecule has 0 aliphatic carbocycles. The SMILES string of the molecule is [2H]c1cc(Oc2ccc3c4ccccc4n(-c4cc(C)ccn4)c3c2)cc(-c2cnc(-c3cc(Oc4ccc5c6ccccc6n(-c6cc(C)ccn6)c5c4)c([2H])c([2H])c3[2H])cn2)c1. The standard InChI is InChI=1S/C52H36N6O2/c1-33-21-23-53-51(25-33)57-47-15-5-3-13-41(47)43-19-17-39(29-49(43)57)59-37-11-7-9-35(27-37)45-31-56-46(32-55-45)36-10-8-12-38(28-36)60-40-18-20-44-42-14-4-6-16-48(42)58(50(44)30-40)52-26-34(2)22-24-54-52/h3-32H,1-2H3/i7D,8D,9D,11D. The van der Waals surface area contributed by atoms with Crippen molar-refractivity contribution < 1.29 is 15.0 Å². The van der Waals surface area contributed by atoms with E-state index >= 15 is 0 Å². The summed E-state index contributed by atoms with van der Waals surface area (Å²) in [7, 11) is 0. The number of rotatable bonds is 8. The van der Waals surface area contributed by atoms with Crippen LogP contribution >= 0.6 is 0 Å². The van der Waals surface area contributed by atoms with Gasteiger partial charge < -0.3 is 9.47 Å². The van der Waals surface area contributed by atoms with Crippen LogP contribution in [-0.2, 0) is 0 Å². The van der Waals surface area contributed by atoms with E-state index < -0.39 is 0 Å². The fraction of sp³-hybridized carbons (Fsp3) is 0.0385. The summed E-state index contributed by atoms with van der Waals surface area (Å²) in [6.45, 7) is 4.08. The number of aryl methyl sites for hydroxylation is 2. The van der Waals surface area contributed by atoms with E-state index in [1.165, 1.54) is 6.20 Å². The van der Waals surface area contributed by atoms with E-state index in [9.17, 15) is 0 Å². The number of nitrogens with zero attached hydrogens (tertiary/aromatic N) is 6. The Morgan fingerprint density at radius 1 is 0.433 bits per heavy atom. The van der Waals surface area contributed by atoms with Crippen molar-refractivity contribution >= 4 is 43.6 Å². The Kier molecular flexibility index (Phi) is 7.42. The van der Waals surface area contributed by atoms with Crippen LogP contribution in [0.2, 0.25) is 0 Å². The summed E-state index contributed by atoms with van der Waals surface area (Å²) in [5, 5.41) is 4.26. The summed E-state index contributed by atoms with van der Waals surface area (Å²) in [6.07, 6.45) is 6.70. The highest BCUT2D eigenvalue weighted by Crippen LogP contribution is 2.37. The summed E-state index contributed by atoms with van der Waals surface area (Å²) in [5.74, 6) is 3.20. The van der Waals surface area contributed by atoms with Crippen LogP contribution in [-0.4, -0.2) is 29.1 Å². The highest BCUT2D eigenvalue weighted by molar-refractivity contribution is 6.10. The van der Waals surface area contributed by atoms with E-state index in [1.54, 1.807) is 30.6 Å². The molecular weight excluding hydrogens is 741 g/mol. The highest BCUT2D eigenvalue weighted by Gasteiger charge is 2.16. The topological polar surface area (TPSA) is 79.9 Å². The molecule has 286 valence electrons. The number of pyridine rings is 2. The van der Waals surface area contributed by atoms with Gasteiger partial charge in [-0.05, 0) is 110 Å². The normalized spacial score (nSPS) is 12.4. The van der Waals surface area contributed by atoms with Gasteiger partial charge in [-0.1, -0.05) is 60.6 Å². The van der Waals surface area contributed by atoms with Gasteiger partial charge in [-0.15, -0.1) is 0 Å². The van der Waals surface area contributed by atoms with Crippen LogP contribution < -0.4 is 9.47 Å². The van der Waals surface area contributed by atoms with Crippen molar-refractivity contribution in [2.24, 2.45) is 0 Å². The zero-order valence-corrected chi connectivity index (χ0v) is 32.5. The van der Waals surface area contributed by atoms with Gasteiger partial charge in [0.2, 0.25) is 0 Å². The Morgan fingerprint density at radius 2 is 0.950 bits per heavy atom. The molecular formula is C52H36N6O2. The van der Waals surface area contributed by atoms with Crippen molar-refractivity contribution in [3.05, 3.63) is 194 Å². The maximum absolute atomic E-state index is 8.81. The lowest BCUT2D eigenvalue weighted by molar-refractivity contribution is 0.483. The van der Waals surface area contributed by atoms with Gasteiger partial charge in [0.05, 0.1) is 51.3 Å². The molecule has 0 amide bonds. The molecule has 5 aromatic heterocycles. The first-order valence-corrected chi connectivity index (χ1v) is 19.5. The van der Waals surface area contributed by atoms with Gasteiger partial charge in [0.15, 0.2) is 0 Å². The molecule has 11 rings (SSSR count). The molecule has 6 aromatic carbocycles. The minimum atomic E-state index is -0.296. The molecule has 0 saturated heterocycles. The van der Waals surface area contributed by atoms with Gasteiger partial charge >= 0.3 is 0 Å². The van der Waals surface area contributed by atoms with E-state index in [0.29, 0.717) is 39.8 Å². The first kappa shape index (κ1) is 31.0. The minimum absolute atomic E-state index is 0.106. The maximum Gasteiger partial charge on any atom is 0.137 e. The molecule has 5 heterocycles. The van der Waals surface area contributed by atoms with Crippen molar-refractivity contribution in [2.45, 2.75) is 13.8 Å². The van der Waals surface area contributed by atoms with Crippen LogP contribution in [0.25, 0.3) is 77.8 Å². The number of hydrogen-bond donors (Lipinski definition) is 0. The van der Waals surface area contributed by atoms with E-state index in [-0.39, 0.29) is 29.9 Å². The van der Waals surface area contributed by atoms with Crippen LogP contribution in [0.1, 0.15) is 16.6 Å². The predicted octanol–water partition coefficient (Wildman–Crippen LogP) is 13.0. The highest BCUT2D eigenvalue weighted by atomic mass is 16.5. The Hall–Kier alpha value is -8.10. The van der Waals surface area contributed by atoms with E-state index in [2.05, 4.69) is 59.4 Å². The zero-order valence-electron chi connectivity index (χ0n) is 36.5. The van der Waals surface area contributed by atoms with Crippen LogP contribution in [0, 0.1) is 13.8 Å². The monoisotopic (exact) mass is 780 g/mol. The second-order valence-corrected chi connectivity index (χ2v) is 14.7. The first-order valence-electron chi connectivity index (χ1n) is 21.5. The van der Waals surface area contributed by atoms with E-state index in [4.69, 9.17) is 15.0 Å². The molecule has 0 bridgehead atoms. The van der Waals surface area contributed by atoms with Crippen molar-refractivity contribution in [1.29, 1.82) is 0 Å². The Labute approximate surface area is 351 Å². The van der Waals surface area contributed by atoms with Crippen LogP contribution in [0.3, 0.4) is 0 Å². The van der Waals surface area contributed by atoms with E-state index in [1.807, 2.05) is 105 Å².